The zero-order chi connectivity index (χ0) is 26.4. The van der Waals surface area contributed by atoms with Crippen LogP contribution in [0.3, 0.4) is 0 Å². The fourth-order valence-electron chi connectivity index (χ4n) is 4.57. The maximum atomic E-state index is 15.1. The van der Waals surface area contributed by atoms with E-state index < -0.39 is 59.1 Å². The molecule has 1 aliphatic carbocycles. The number of rotatable bonds is 8. The van der Waals surface area contributed by atoms with Gasteiger partial charge in [0.25, 0.3) is 5.91 Å². The number of aromatic nitrogens is 1. The van der Waals surface area contributed by atoms with Crippen LogP contribution in [-0.2, 0) is 14.4 Å². The van der Waals surface area contributed by atoms with Crippen molar-refractivity contribution < 1.29 is 44.0 Å². The molecule has 0 radical (unpaired) electrons. The number of piperazine rings is 1. The molecular formula is C23H24FN3O9. The SMILES string of the molecule is O=C(O)CC(O)(CC(=O)O)C(=O)N1CCN(c2cc3c(cc2F)c(=O)c(C(=O)O)cn3C2CC2)CC1. The van der Waals surface area contributed by atoms with Crippen molar-refractivity contribution in [3.05, 3.63) is 39.9 Å². The molecule has 12 nitrogen and oxygen atoms in total. The number of nitrogens with zero attached hydrogens (tertiary/aromatic N) is 3. The molecule has 1 aromatic heterocycles. The monoisotopic (exact) mass is 505 g/mol. The first kappa shape index (κ1) is 25.1. The second-order valence-electron chi connectivity index (χ2n) is 9.09. The average molecular weight is 505 g/mol. The molecule has 192 valence electrons. The molecule has 2 heterocycles. The number of amides is 1. The number of fused-ring (bicyclic) bond motifs is 1. The van der Waals surface area contributed by atoms with Gasteiger partial charge in [-0.15, -0.1) is 0 Å². The summed E-state index contributed by atoms with van der Waals surface area (Å²) in [6.07, 6.45) is 0.707. The quantitative estimate of drug-likeness (QED) is 0.395. The second-order valence-corrected chi connectivity index (χ2v) is 9.09. The molecule has 0 spiro atoms. The number of aromatic carboxylic acids is 1. The van der Waals surface area contributed by atoms with Crippen LogP contribution in [0.2, 0.25) is 0 Å². The van der Waals surface area contributed by atoms with E-state index in [4.69, 9.17) is 10.2 Å². The standard InChI is InChI=1S/C23H24FN3O9/c24-15-7-13-16(27(12-1-2-12)11-14(20(13)32)21(33)34)8-17(15)25-3-5-26(6-4-25)22(35)23(36,9-18(28)29)10-19(30)31/h7-8,11-12,36H,1-6,9-10H2,(H,28,29)(H,30,31)(H,33,34). The van der Waals surface area contributed by atoms with Gasteiger partial charge in [0.05, 0.1) is 24.0 Å². The summed E-state index contributed by atoms with van der Waals surface area (Å²) in [6.45, 7) is 0.104. The van der Waals surface area contributed by atoms with Gasteiger partial charge in [-0.1, -0.05) is 0 Å². The molecule has 1 saturated heterocycles. The normalized spacial score (nSPS) is 16.3. The molecule has 1 saturated carbocycles. The summed E-state index contributed by atoms with van der Waals surface area (Å²) < 4.78 is 16.8. The minimum atomic E-state index is -2.61. The zero-order valence-electron chi connectivity index (χ0n) is 19.0. The molecule has 4 N–H and O–H groups in total. The summed E-state index contributed by atoms with van der Waals surface area (Å²) in [5.74, 6) is -6.24. The van der Waals surface area contributed by atoms with Crippen LogP contribution in [-0.4, -0.2) is 85.5 Å². The van der Waals surface area contributed by atoms with Gasteiger partial charge < -0.3 is 34.8 Å². The van der Waals surface area contributed by atoms with Gasteiger partial charge in [-0.25, -0.2) is 9.18 Å². The third-order valence-electron chi connectivity index (χ3n) is 6.46. The van der Waals surface area contributed by atoms with E-state index >= 15 is 4.39 Å². The Morgan fingerprint density at radius 2 is 1.56 bits per heavy atom. The fourth-order valence-corrected chi connectivity index (χ4v) is 4.57. The topological polar surface area (TPSA) is 178 Å². The summed E-state index contributed by atoms with van der Waals surface area (Å²) in [4.78, 5) is 61.9. The number of aliphatic hydroxyl groups is 1. The number of pyridine rings is 1. The van der Waals surface area contributed by atoms with Crippen molar-refractivity contribution in [2.24, 2.45) is 0 Å². The number of anilines is 1. The summed E-state index contributed by atoms with van der Waals surface area (Å²) in [5, 5.41) is 37.9. The minimum Gasteiger partial charge on any atom is -0.481 e. The van der Waals surface area contributed by atoms with Gasteiger partial charge in [-0.05, 0) is 25.0 Å². The van der Waals surface area contributed by atoms with Crippen LogP contribution >= 0.6 is 0 Å². The first-order valence-electron chi connectivity index (χ1n) is 11.2. The molecule has 2 fully saturated rings. The number of benzene rings is 1. The van der Waals surface area contributed by atoms with Crippen molar-refractivity contribution in [1.29, 1.82) is 0 Å². The predicted octanol–water partition coefficient (Wildman–Crippen LogP) is 0.503. The molecule has 13 heteroatoms. The van der Waals surface area contributed by atoms with E-state index in [9.17, 15) is 34.2 Å². The Balaban J connectivity index is 1.60. The van der Waals surface area contributed by atoms with E-state index in [0.29, 0.717) is 5.52 Å². The number of hydrogen-bond acceptors (Lipinski definition) is 7. The van der Waals surface area contributed by atoms with Crippen LogP contribution in [0.4, 0.5) is 10.1 Å². The Labute approximate surface area is 202 Å². The summed E-state index contributed by atoms with van der Waals surface area (Å²) >= 11 is 0. The lowest BCUT2D eigenvalue weighted by Gasteiger charge is -2.39. The lowest BCUT2D eigenvalue weighted by atomic mass is 9.93. The van der Waals surface area contributed by atoms with Crippen LogP contribution in [0, 0.1) is 5.82 Å². The highest BCUT2D eigenvalue weighted by atomic mass is 19.1. The third-order valence-corrected chi connectivity index (χ3v) is 6.46. The van der Waals surface area contributed by atoms with Crippen molar-refractivity contribution in [3.63, 3.8) is 0 Å². The van der Waals surface area contributed by atoms with Gasteiger partial charge in [0, 0.05) is 43.8 Å². The largest absolute Gasteiger partial charge is 0.481 e. The highest BCUT2D eigenvalue weighted by Gasteiger charge is 2.44. The Kier molecular flexibility index (Phi) is 6.43. The number of hydrogen-bond donors (Lipinski definition) is 4. The minimum absolute atomic E-state index is 0.000118. The van der Waals surface area contributed by atoms with Crippen molar-refractivity contribution in [2.75, 3.05) is 31.1 Å². The van der Waals surface area contributed by atoms with E-state index in [0.717, 1.165) is 23.8 Å². The van der Waals surface area contributed by atoms with Gasteiger partial charge in [0.1, 0.15) is 11.4 Å². The first-order valence-corrected chi connectivity index (χ1v) is 11.2. The number of aliphatic carboxylic acids is 2. The van der Waals surface area contributed by atoms with Crippen LogP contribution in [0.25, 0.3) is 10.9 Å². The van der Waals surface area contributed by atoms with Gasteiger partial charge in [-0.2, -0.15) is 0 Å². The summed E-state index contributed by atoms with van der Waals surface area (Å²) in [7, 11) is 0. The van der Waals surface area contributed by atoms with Crippen LogP contribution in [0.15, 0.2) is 23.1 Å². The predicted molar refractivity (Wildman–Crippen MR) is 122 cm³/mol. The van der Waals surface area contributed by atoms with Crippen molar-refractivity contribution in [3.8, 4) is 0 Å². The van der Waals surface area contributed by atoms with Crippen molar-refractivity contribution in [2.45, 2.75) is 37.3 Å². The lowest BCUT2D eigenvalue weighted by molar-refractivity contribution is -0.165. The average Bonchev–Trinajstić information content (AvgIpc) is 3.63. The summed E-state index contributed by atoms with van der Waals surface area (Å²) in [5.41, 5.74) is -3.32. The first-order chi connectivity index (χ1) is 16.9. The van der Waals surface area contributed by atoms with Crippen LogP contribution < -0.4 is 10.3 Å². The van der Waals surface area contributed by atoms with Crippen molar-refractivity contribution in [1.82, 2.24) is 9.47 Å². The highest BCUT2D eigenvalue weighted by molar-refractivity contribution is 5.94. The maximum absolute atomic E-state index is 15.1. The van der Waals surface area contributed by atoms with Gasteiger partial charge in [-0.3, -0.25) is 19.2 Å². The Hall–Kier alpha value is -4.00. The molecule has 0 bridgehead atoms. The van der Waals surface area contributed by atoms with E-state index in [1.807, 2.05) is 0 Å². The number of carboxylic acid groups (broad SMARTS) is 3. The van der Waals surface area contributed by atoms with E-state index in [2.05, 4.69) is 0 Å². The fraction of sp³-hybridized carbons (Fsp3) is 0.435. The van der Waals surface area contributed by atoms with Crippen LogP contribution in [0.5, 0.6) is 0 Å². The third kappa shape index (κ3) is 4.73. The zero-order valence-corrected chi connectivity index (χ0v) is 19.0. The van der Waals surface area contributed by atoms with E-state index in [-0.39, 0.29) is 43.3 Å². The molecule has 1 amide bonds. The number of halogens is 1. The number of carbonyl (C=O) groups is 4. The molecule has 0 unspecified atom stereocenters. The summed E-state index contributed by atoms with van der Waals surface area (Å²) in [6, 6.07) is 2.48. The van der Waals surface area contributed by atoms with E-state index in [1.165, 1.54) is 12.3 Å². The maximum Gasteiger partial charge on any atom is 0.341 e. The smallest absolute Gasteiger partial charge is 0.341 e. The molecular weight excluding hydrogens is 481 g/mol. The molecule has 1 aliphatic heterocycles. The highest BCUT2D eigenvalue weighted by Crippen LogP contribution is 2.38. The molecule has 36 heavy (non-hydrogen) atoms. The van der Waals surface area contributed by atoms with Crippen molar-refractivity contribution >= 4 is 40.4 Å². The Bertz CT molecular complexity index is 1310. The molecule has 0 atom stereocenters. The molecule has 2 aliphatic rings. The van der Waals surface area contributed by atoms with E-state index in [1.54, 1.807) is 9.47 Å². The Morgan fingerprint density at radius 3 is 2.06 bits per heavy atom. The number of carbonyl (C=O) groups excluding carboxylic acids is 1. The van der Waals surface area contributed by atoms with Gasteiger partial charge in [0.2, 0.25) is 5.43 Å². The lowest BCUT2D eigenvalue weighted by Crippen LogP contribution is -2.57. The number of carboxylic acids is 3. The van der Waals surface area contributed by atoms with Gasteiger partial charge in [0.15, 0.2) is 5.60 Å². The molecule has 4 rings (SSSR count). The Morgan fingerprint density at radius 1 is 0.972 bits per heavy atom. The van der Waals surface area contributed by atoms with Gasteiger partial charge >= 0.3 is 17.9 Å². The second kappa shape index (κ2) is 9.22. The molecule has 2 aromatic rings. The molecule has 1 aromatic carbocycles. The van der Waals surface area contributed by atoms with Crippen LogP contribution in [0.1, 0.15) is 42.1 Å².